The first-order chi connectivity index (χ1) is 12.5. The number of rotatable bonds is 2. The number of phenolic OH excluding ortho intramolecular Hbond substituents is 1. The third-order valence-electron chi connectivity index (χ3n) is 4.05. The average Bonchev–Trinajstić information content (AvgIpc) is 2.93. The number of H-pyrrole nitrogens is 1. The van der Waals surface area contributed by atoms with E-state index in [1.807, 2.05) is 24.3 Å². The molecule has 1 amide bonds. The van der Waals surface area contributed by atoms with E-state index in [0.29, 0.717) is 10.9 Å². The maximum atomic E-state index is 13.2. The van der Waals surface area contributed by atoms with E-state index >= 15 is 0 Å². The maximum absolute atomic E-state index is 13.2. The molecule has 4 rings (SSSR count). The Kier molecular flexibility index (Phi) is 3.62. The molecule has 0 unspecified atom stereocenters. The zero-order chi connectivity index (χ0) is 18.3. The summed E-state index contributed by atoms with van der Waals surface area (Å²) in [5.41, 5.74) is 0.351. The van der Waals surface area contributed by atoms with Gasteiger partial charge in [0.25, 0.3) is 5.91 Å². The highest BCUT2D eigenvalue weighted by molar-refractivity contribution is 6.02. The van der Waals surface area contributed by atoms with Gasteiger partial charge in [-0.15, -0.1) is 10.2 Å². The van der Waals surface area contributed by atoms with Crippen molar-refractivity contribution in [3.63, 3.8) is 0 Å². The number of azo groups is 1. The standard InChI is InChI=1S/C19H12FN3O3/c20-12-5-6-13-15(9-12)21-19(26)17(13)22-23-18(25)14-7-10-3-1-2-4-11(10)8-16(14)24/h1-9,21,24,26H. The number of carbonyl (C=O) groups is 1. The van der Waals surface area contributed by atoms with Crippen LogP contribution >= 0.6 is 0 Å². The van der Waals surface area contributed by atoms with Crippen molar-refractivity contribution in [1.82, 2.24) is 4.98 Å². The number of nitrogens with zero attached hydrogens (tertiary/aromatic N) is 2. The van der Waals surface area contributed by atoms with Gasteiger partial charge in [-0.05, 0) is 41.1 Å². The lowest BCUT2D eigenvalue weighted by atomic mass is 10.1. The minimum absolute atomic E-state index is 0.00201. The second-order valence-corrected chi connectivity index (χ2v) is 5.73. The molecule has 1 aromatic heterocycles. The number of aromatic nitrogens is 1. The number of hydrogen-bond acceptors (Lipinski definition) is 4. The number of aromatic hydroxyl groups is 2. The molecule has 0 aliphatic rings. The molecule has 3 aromatic carbocycles. The number of hydrogen-bond donors (Lipinski definition) is 3. The van der Waals surface area contributed by atoms with Crippen LogP contribution in [0, 0.1) is 5.82 Å². The molecule has 0 saturated carbocycles. The van der Waals surface area contributed by atoms with E-state index in [4.69, 9.17) is 0 Å². The van der Waals surface area contributed by atoms with Crippen LogP contribution in [-0.2, 0) is 0 Å². The number of halogens is 1. The normalized spacial score (nSPS) is 11.6. The van der Waals surface area contributed by atoms with E-state index < -0.39 is 11.7 Å². The Morgan fingerprint density at radius 3 is 2.50 bits per heavy atom. The Morgan fingerprint density at radius 1 is 1.00 bits per heavy atom. The zero-order valence-corrected chi connectivity index (χ0v) is 13.3. The predicted octanol–water partition coefficient (Wildman–Crippen LogP) is 4.80. The van der Waals surface area contributed by atoms with E-state index in [0.717, 1.165) is 10.8 Å². The first-order valence-electron chi connectivity index (χ1n) is 7.71. The van der Waals surface area contributed by atoms with Crippen molar-refractivity contribution in [3.8, 4) is 11.6 Å². The highest BCUT2D eigenvalue weighted by Gasteiger charge is 2.14. The number of benzene rings is 3. The number of carbonyl (C=O) groups excluding carboxylic acids is 1. The van der Waals surface area contributed by atoms with Gasteiger partial charge in [0.15, 0.2) is 5.69 Å². The predicted molar refractivity (Wildman–Crippen MR) is 94.4 cm³/mol. The van der Waals surface area contributed by atoms with Gasteiger partial charge in [-0.25, -0.2) is 4.39 Å². The monoisotopic (exact) mass is 349 g/mol. The molecule has 0 aliphatic carbocycles. The van der Waals surface area contributed by atoms with Crippen molar-refractivity contribution in [1.29, 1.82) is 0 Å². The molecule has 0 radical (unpaired) electrons. The molecule has 26 heavy (non-hydrogen) atoms. The van der Waals surface area contributed by atoms with Crippen LogP contribution in [0.3, 0.4) is 0 Å². The van der Waals surface area contributed by atoms with Gasteiger partial charge >= 0.3 is 0 Å². The minimum Gasteiger partial charge on any atom is -0.507 e. The van der Waals surface area contributed by atoms with Gasteiger partial charge in [0, 0.05) is 5.39 Å². The summed E-state index contributed by atoms with van der Waals surface area (Å²) >= 11 is 0. The summed E-state index contributed by atoms with van der Waals surface area (Å²) in [5, 5.41) is 29.3. The van der Waals surface area contributed by atoms with Gasteiger partial charge in [-0.2, -0.15) is 0 Å². The molecular weight excluding hydrogens is 337 g/mol. The number of fused-ring (bicyclic) bond motifs is 2. The van der Waals surface area contributed by atoms with Crippen LogP contribution in [-0.4, -0.2) is 21.1 Å². The molecule has 0 bridgehead atoms. The molecule has 0 fully saturated rings. The third-order valence-corrected chi connectivity index (χ3v) is 4.05. The molecule has 128 valence electrons. The second kappa shape index (κ2) is 5.96. The van der Waals surface area contributed by atoms with E-state index in [-0.39, 0.29) is 22.9 Å². The molecule has 0 spiro atoms. The molecule has 0 saturated heterocycles. The van der Waals surface area contributed by atoms with Crippen LogP contribution in [0.5, 0.6) is 11.6 Å². The molecule has 1 heterocycles. The summed E-state index contributed by atoms with van der Waals surface area (Å²) in [6.07, 6.45) is 0. The third kappa shape index (κ3) is 2.65. The number of phenols is 1. The first-order valence-corrected chi connectivity index (χ1v) is 7.71. The number of amides is 1. The topological polar surface area (TPSA) is 98.0 Å². The SMILES string of the molecule is O=C(N=Nc1c(O)[nH]c2cc(F)ccc12)c1cc2ccccc2cc1O. The van der Waals surface area contributed by atoms with Crippen molar-refractivity contribution in [3.05, 3.63) is 66.0 Å². The minimum atomic E-state index is -0.760. The Morgan fingerprint density at radius 2 is 1.73 bits per heavy atom. The fourth-order valence-electron chi connectivity index (χ4n) is 2.79. The summed E-state index contributed by atoms with van der Waals surface area (Å²) in [5.74, 6) is -1.77. The fraction of sp³-hybridized carbons (Fsp3) is 0. The molecule has 3 N–H and O–H groups in total. The van der Waals surface area contributed by atoms with E-state index in [1.165, 1.54) is 30.3 Å². The van der Waals surface area contributed by atoms with Gasteiger partial charge in [-0.1, -0.05) is 24.3 Å². The Hall–Kier alpha value is -3.74. The van der Waals surface area contributed by atoms with Crippen LogP contribution in [0.1, 0.15) is 10.4 Å². The van der Waals surface area contributed by atoms with Crippen LogP contribution < -0.4 is 0 Å². The van der Waals surface area contributed by atoms with Crippen molar-refractivity contribution in [2.45, 2.75) is 0 Å². The molecule has 4 aromatic rings. The fourth-order valence-corrected chi connectivity index (χ4v) is 2.79. The van der Waals surface area contributed by atoms with Crippen LogP contribution in [0.4, 0.5) is 10.1 Å². The Bertz CT molecular complexity index is 1200. The Balaban J connectivity index is 1.73. The lowest BCUT2D eigenvalue weighted by Crippen LogP contribution is -1.94. The maximum Gasteiger partial charge on any atom is 0.299 e. The lowest BCUT2D eigenvalue weighted by molar-refractivity contribution is 0.0992. The van der Waals surface area contributed by atoms with Gasteiger partial charge in [0.2, 0.25) is 5.88 Å². The van der Waals surface area contributed by atoms with Crippen LogP contribution in [0.2, 0.25) is 0 Å². The van der Waals surface area contributed by atoms with Crippen LogP contribution in [0.25, 0.3) is 21.7 Å². The highest BCUT2D eigenvalue weighted by atomic mass is 19.1. The van der Waals surface area contributed by atoms with Gasteiger partial charge < -0.3 is 15.2 Å². The first kappa shape index (κ1) is 15.8. The largest absolute Gasteiger partial charge is 0.507 e. The van der Waals surface area contributed by atoms with Crippen molar-refractivity contribution in [2.75, 3.05) is 0 Å². The molecule has 7 heteroatoms. The molecular formula is C19H12FN3O3. The summed E-state index contributed by atoms with van der Waals surface area (Å²) in [4.78, 5) is 14.9. The van der Waals surface area contributed by atoms with E-state index in [1.54, 1.807) is 0 Å². The average molecular weight is 349 g/mol. The summed E-state index contributed by atoms with van der Waals surface area (Å²) in [6.45, 7) is 0. The highest BCUT2D eigenvalue weighted by Crippen LogP contribution is 2.36. The Labute approximate surface area is 146 Å². The van der Waals surface area contributed by atoms with E-state index in [9.17, 15) is 19.4 Å². The zero-order valence-electron chi connectivity index (χ0n) is 13.3. The number of nitrogens with one attached hydrogen (secondary N) is 1. The number of aromatic amines is 1. The summed E-state index contributed by atoms with van der Waals surface area (Å²) in [6, 6.07) is 14.1. The second-order valence-electron chi connectivity index (χ2n) is 5.73. The van der Waals surface area contributed by atoms with Gasteiger partial charge in [0.1, 0.15) is 11.6 Å². The molecule has 6 nitrogen and oxygen atoms in total. The summed E-state index contributed by atoms with van der Waals surface area (Å²) < 4.78 is 13.2. The van der Waals surface area contributed by atoms with Crippen LogP contribution in [0.15, 0.2) is 64.8 Å². The van der Waals surface area contributed by atoms with E-state index in [2.05, 4.69) is 15.2 Å². The quantitative estimate of drug-likeness (QED) is 0.454. The van der Waals surface area contributed by atoms with Crippen molar-refractivity contribution >= 4 is 33.3 Å². The van der Waals surface area contributed by atoms with Crippen molar-refractivity contribution < 1.29 is 19.4 Å². The van der Waals surface area contributed by atoms with Gasteiger partial charge in [0.05, 0.1) is 11.1 Å². The molecule has 0 aliphatic heterocycles. The molecule has 0 atom stereocenters. The van der Waals surface area contributed by atoms with Gasteiger partial charge in [-0.3, -0.25) is 4.79 Å². The van der Waals surface area contributed by atoms with Crippen molar-refractivity contribution in [2.24, 2.45) is 10.2 Å². The smallest absolute Gasteiger partial charge is 0.299 e. The lowest BCUT2D eigenvalue weighted by Gasteiger charge is -2.03. The summed E-state index contributed by atoms with van der Waals surface area (Å²) in [7, 11) is 0.